The Labute approximate surface area is 95.9 Å². The zero-order valence-electron chi connectivity index (χ0n) is 9.94. The molecule has 2 aromatic rings. The van der Waals surface area contributed by atoms with Gasteiger partial charge in [0, 0.05) is 7.05 Å². The third kappa shape index (κ3) is 1.99. The van der Waals surface area contributed by atoms with E-state index in [0.717, 1.165) is 11.3 Å². The fraction of sp³-hybridized carbons (Fsp3) is 0.308. The topological polar surface area (TPSA) is 43.8 Å². The minimum Gasteiger partial charge on any atom is -0.336 e. The molecule has 2 rings (SSSR count). The molecule has 0 aliphatic carbocycles. The van der Waals surface area contributed by atoms with E-state index >= 15 is 0 Å². The van der Waals surface area contributed by atoms with Crippen LogP contribution in [0.4, 0.5) is 0 Å². The van der Waals surface area contributed by atoms with Crippen LogP contribution in [0.5, 0.6) is 0 Å². The molecule has 0 bridgehead atoms. The van der Waals surface area contributed by atoms with Crippen LogP contribution in [0.1, 0.15) is 28.4 Å². The van der Waals surface area contributed by atoms with Crippen molar-refractivity contribution in [3.8, 4) is 0 Å². The largest absolute Gasteiger partial charge is 0.336 e. The van der Waals surface area contributed by atoms with Crippen molar-refractivity contribution in [2.75, 3.05) is 0 Å². The van der Waals surface area contributed by atoms with E-state index in [1.165, 1.54) is 11.1 Å². The first-order valence-electron chi connectivity index (χ1n) is 5.38. The predicted octanol–water partition coefficient (Wildman–Crippen LogP) is 2.09. The molecule has 84 valence electrons. The molecule has 0 fully saturated rings. The van der Waals surface area contributed by atoms with E-state index in [1.807, 2.05) is 17.8 Å². The van der Waals surface area contributed by atoms with Crippen LogP contribution < -0.4 is 5.73 Å². The summed E-state index contributed by atoms with van der Waals surface area (Å²) in [5, 5.41) is 0. The lowest BCUT2D eigenvalue weighted by atomic mass is 10.00. The standard InChI is InChI=1S/C13H17N3/c1-9-4-10(2)6-11(5-9)13(14)12-7-15-8-16(12)3/h4-8,13H,14H2,1-3H3. The van der Waals surface area contributed by atoms with Gasteiger partial charge in [0.2, 0.25) is 0 Å². The van der Waals surface area contributed by atoms with Gasteiger partial charge in [-0.25, -0.2) is 4.98 Å². The van der Waals surface area contributed by atoms with Crippen LogP contribution >= 0.6 is 0 Å². The third-order valence-electron chi connectivity index (χ3n) is 2.78. The lowest BCUT2D eigenvalue weighted by molar-refractivity contribution is 0.745. The summed E-state index contributed by atoms with van der Waals surface area (Å²) in [7, 11) is 1.96. The van der Waals surface area contributed by atoms with Crippen molar-refractivity contribution in [1.29, 1.82) is 0 Å². The third-order valence-corrected chi connectivity index (χ3v) is 2.78. The van der Waals surface area contributed by atoms with Crippen LogP contribution in [0.15, 0.2) is 30.7 Å². The van der Waals surface area contributed by atoms with Crippen molar-refractivity contribution in [2.45, 2.75) is 19.9 Å². The van der Waals surface area contributed by atoms with E-state index in [1.54, 1.807) is 6.33 Å². The van der Waals surface area contributed by atoms with Crippen molar-refractivity contribution in [1.82, 2.24) is 9.55 Å². The van der Waals surface area contributed by atoms with Crippen molar-refractivity contribution in [2.24, 2.45) is 12.8 Å². The molecule has 0 saturated heterocycles. The van der Waals surface area contributed by atoms with E-state index in [2.05, 4.69) is 37.0 Å². The van der Waals surface area contributed by atoms with E-state index < -0.39 is 0 Å². The number of benzene rings is 1. The highest BCUT2D eigenvalue weighted by Crippen LogP contribution is 2.21. The Hall–Kier alpha value is -1.61. The van der Waals surface area contributed by atoms with Crippen LogP contribution in [0.2, 0.25) is 0 Å². The van der Waals surface area contributed by atoms with Gasteiger partial charge in [-0.05, 0) is 19.4 Å². The highest BCUT2D eigenvalue weighted by atomic mass is 15.0. The van der Waals surface area contributed by atoms with Crippen LogP contribution in [-0.4, -0.2) is 9.55 Å². The Morgan fingerprint density at radius 3 is 2.31 bits per heavy atom. The molecule has 0 aliphatic heterocycles. The van der Waals surface area contributed by atoms with E-state index in [-0.39, 0.29) is 6.04 Å². The van der Waals surface area contributed by atoms with Crippen molar-refractivity contribution in [3.05, 3.63) is 53.1 Å². The molecule has 3 heteroatoms. The molecule has 0 saturated carbocycles. The van der Waals surface area contributed by atoms with Crippen LogP contribution in [0, 0.1) is 13.8 Å². The fourth-order valence-electron chi connectivity index (χ4n) is 2.03. The fourth-order valence-corrected chi connectivity index (χ4v) is 2.03. The molecule has 1 atom stereocenters. The molecule has 3 nitrogen and oxygen atoms in total. The van der Waals surface area contributed by atoms with Crippen LogP contribution in [0.3, 0.4) is 0 Å². The molecule has 1 aromatic carbocycles. The Morgan fingerprint density at radius 2 is 1.81 bits per heavy atom. The molecular weight excluding hydrogens is 198 g/mol. The zero-order valence-corrected chi connectivity index (χ0v) is 9.94. The monoisotopic (exact) mass is 215 g/mol. The maximum absolute atomic E-state index is 6.24. The first-order chi connectivity index (χ1) is 7.58. The second-order valence-corrected chi connectivity index (χ2v) is 4.33. The summed E-state index contributed by atoms with van der Waals surface area (Å²) in [6.07, 6.45) is 3.60. The van der Waals surface area contributed by atoms with E-state index in [0.29, 0.717) is 0 Å². The second-order valence-electron chi connectivity index (χ2n) is 4.33. The molecule has 16 heavy (non-hydrogen) atoms. The number of hydrogen-bond donors (Lipinski definition) is 1. The normalized spacial score (nSPS) is 12.8. The first-order valence-corrected chi connectivity index (χ1v) is 5.38. The maximum Gasteiger partial charge on any atom is 0.0946 e. The number of aromatic nitrogens is 2. The van der Waals surface area contributed by atoms with Gasteiger partial charge in [-0.1, -0.05) is 29.3 Å². The molecule has 1 aromatic heterocycles. The number of rotatable bonds is 2. The highest BCUT2D eigenvalue weighted by molar-refractivity contribution is 5.34. The smallest absolute Gasteiger partial charge is 0.0946 e. The summed E-state index contributed by atoms with van der Waals surface area (Å²) in [6.45, 7) is 4.18. The Balaban J connectivity index is 2.41. The summed E-state index contributed by atoms with van der Waals surface area (Å²) >= 11 is 0. The number of nitrogens with zero attached hydrogens (tertiary/aromatic N) is 2. The number of hydrogen-bond acceptors (Lipinski definition) is 2. The van der Waals surface area contributed by atoms with Gasteiger partial charge in [-0.15, -0.1) is 0 Å². The summed E-state index contributed by atoms with van der Waals surface area (Å²) in [6, 6.07) is 6.31. The lowest BCUT2D eigenvalue weighted by Gasteiger charge is -2.14. The number of imidazole rings is 1. The zero-order chi connectivity index (χ0) is 11.7. The van der Waals surface area contributed by atoms with Gasteiger partial charge in [0.15, 0.2) is 0 Å². The maximum atomic E-state index is 6.24. The van der Waals surface area contributed by atoms with Gasteiger partial charge >= 0.3 is 0 Å². The van der Waals surface area contributed by atoms with E-state index in [9.17, 15) is 0 Å². The molecule has 2 N–H and O–H groups in total. The quantitative estimate of drug-likeness (QED) is 0.833. The van der Waals surface area contributed by atoms with E-state index in [4.69, 9.17) is 5.73 Å². The van der Waals surface area contributed by atoms with Crippen LogP contribution in [-0.2, 0) is 7.05 Å². The lowest BCUT2D eigenvalue weighted by Crippen LogP contribution is -2.15. The Bertz CT molecular complexity index is 479. The number of aryl methyl sites for hydroxylation is 3. The Kier molecular flexibility index (Phi) is 2.79. The highest BCUT2D eigenvalue weighted by Gasteiger charge is 2.12. The van der Waals surface area contributed by atoms with Crippen LogP contribution in [0.25, 0.3) is 0 Å². The summed E-state index contributed by atoms with van der Waals surface area (Å²) < 4.78 is 1.96. The van der Waals surface area contributed by atoms with Crippen molar-refractivity contribution in [3.63, 3.8) is 0 Å². The summed E-state index contributed by atoms with van der Waals surface area (Å²) in [4.78, 5) is 4.10. The summed E-state index contributed by atoms with van der Waals surface area (Å²) in [5.41, 5.74) is 10.9. The molecule has 1 heterocycles. The SMILES string of the molecule is Cc1cc(C)cc(C(N)c2cncn2C)c1. The second kappa shape index (κ2) is 4.10. The van der Waals surface area contributed by atoms with Crippen molar-refractivity contribution >= 4 is 0 Å². The molecule has 0 spiro atoms. The predicted molar refractivity (Wildman–Crippen MR) is 65.2 cm³/mol. The van der Waals surface area contributed by atoms with Gasteiger partial charge in [-0.3, -0.25) is 0 Å². The molecule has 0 amide bonds. The van der Waals surface area contributed by atoms with Gasteiger partial charge < -0.3 is 10.3 Å². The minimum atomic E-state index is -0.105. The number of nitrogens with two attached hydrogens (primary N) is 1. The summed E-state index contributed by atoms with van der Waals surface area (Å²) in [5.74, 6) is 0. The Morgan fingerprint density at radius 1 is 1.19 bits per heavy atom. The van der Waals surface area contributed by atoms with Gasteiger partial charge in [0.25, 0.3) is 0 Å². The van der Waals surface area contributed by atoms with Gasteiger partial charge in [0.1, 0.15) is 0 Å². The van der Waals surface area contributed by atoms with Crippen molar-refractivity contribution < 1.29 is 0 Å². The average Bonchev–Trinajstić information content (AvgIpc) is 2.62. The molecule has 1 unspecified atom stereocenters. The molecule has 0 radical (unpaired) electrons. The van der Waals surface area contributed by atoms with Gasteiger partial charge in [-0.2, -0.15) is 0 Å². The first kappa shape index (κ1) is 10.9. The minimum absolute atomic E-state index is 0.105. The average molecular weight is 215 g/mol. The van der Waals surface area contributed by atoms with Gasteiger partial charge in [0.05, 0.1) is 24.3 Å². The molecular formula is C13H17N3. The molecule has 0 aliphatic rings.